The van der Waals surface area contributed by atoms with Gasteiger partial charge in [-0.1, -0.05) is 18.2 Å². The normalized spacial score (nSPS) is 15.0. The lowest BCUT2D eigenvalue weighted by Gasteiger charge is -2.27. The molecule has 0 saturated heterocycles. The molecule has 0 fully saturated rings. The van der Waals surface area contributed by atoms with Crippen LogP contribution in [0.5, 0.6) is 0 Å². The minimum absolute atomic E-state index is 0.105. The molecule has 0 radical (unpaired) electrons. The smallest absolute Gasteiger partial charge is 0.303 e. The van der Waals surface area contributed by atoms with Crippen LogP contribution in [0.2, 0.25) is 0 Å². The molecule has 3 heterocycles. The molecule has 3 aromatic rings. The lowest BCUT2D eigenvalue weighted by Crippen LogP contribution is -2.36. The third-order valence-electron chi connectivity index (χ3n) is 4.94. The SMILES string of the molecule is CC(=O)n1cc(CN2CCc3nc(C(F)(F)F)[nH]c(=O)c3C2)c2ccccc21. The van der Waals surface area contributed by atoms with Crippen molar-refractivity contribution >= 4 is 16.8 Å². The van der Waals surface area contributed by atoms with E-state index in [4.69, 9.17) is 0 Å². The van der Waals surface area contributed by atoms with Crippen LogP contribution in [-0.4, -0.2) is 31.9 Å². The first-order chi connectivity index (χ1) is 13.2. The first kappa shape index (κ1) is 18.4. The van der Waals surface area contributed by atoms with Crippen molar-refractivity contribution in [3.63, 3.8) is 0 Å². The number of fused-ring (bicyclic) bond motifs is 2. The van der Waals surface area contributed by atoms with Gasteiger partial charge in [-0.05, 0) is 11.6 Å². The maximum absolute atomic E-state index is 12.8. The molecule has 28 heavy (non-hydrogen) atoms. The molecule has 9 heteroatoms. The first-order valence-corrected chi connectivity index (χ1v) is 8.75. The van der Waals surface area contributed by atoms with Gasteiger partial charge in [-0.25, -0.2) is 4.98 Å². The average molecular weight is 390 g/mol. The summed E-state index contributed by atoms with van der Waals surface area (Å²) >= 11 is 0. The zero-order chi connectivity index (χ0) is 20.1. The Morgan fingerprint density at radius 3 is 2.75 bits per heavy atom. The highest BCUT2D eigenvalue weighted by atomic mass is 19.4. The van der Waals surface area contributed by atoms with Crippen LogP contribution in [0, 0.1) is 0 Å². The van der Waals surface area contributed by atoms with Crippen molar-refractivity contribution in [1.29, 1.82) is 0 Å². The second kappa shape index (κ2) is 6.59. The van der Waals surface area contributed by atoms with Crippen LogP contribution in [0.1, 0.15) is 34.4 Å². The number of nitrogens with zero attached hydrogens (tertiary/aromatic N) is 3. The van der Waals surface area contributed by atoms with E-state index < -0.39 is 17.6 Å². The van der Waals surface area contributed by atoms with Crippen molar-refractivity contribution in [3.05, 3.63) is 63.5 Å². The van der Waals surface area contributed by atoms with Crippen LogP contribution in [0.15, 0.2) is 35.3 Å². The zero-order valence-corrected chi connectivity index (χ0v) is 15.0. The maximum Gasteiger partial charge on any atom is 0.449 e. The Morgan fingerprint density at radius 1 is 1.29 bits per heavy atom. The summed E-state index contributed by atoms with van der Waals surface area (Å²) in [6, 6.07) is 7.52. The second-order valence-corrected chi connectivity index (χ2v) is 6.86. The Bertz CT molecular complexity index is 1130. The highest BCUT2D eigenvalue weighted by molar-refractivity contribution is 5.93. The lowest BCUT2D eigenvalue weighted by molar-refractivity contribution is -0.145. The number of H-pyrrole nitrogens is 1. The van der Waals surface area contributed by atoms with Gasteiger partial charge in [0.15, 0.2) is 0 Å². The molecule has 4 rings (SSSR count). The number of para-hydroxylation sites is 1. The molecule has 0 spiro atoms. The molecule has 0 amide bonds. The van der Waals surface area contributed by atoms with Crippen LogP contribution in [0.4, 0.5) is 13.2 Å². The van der Waals surface area contributed by atoms with Gasteiger partial charge in [0.2, 0.25) is 11.7 Å². The fourth-order valence-corrected chi connectivity index (χ4v) is 3.63. The number of aromatic nitrogens is 3. The van der Waals surface area contributed by atoms with Gasteiger partial charge < -0.3 is 4.98 Å². The molecule has 1 aromatic carbocycles. The summed E-state index contributed by atoms with van der Waals surface area (Å²) in [5.74, 6) is -1.36. The topological polar surface area (TPSA) is 71.0 Å². The molecule has 1 N–H and O–H groups in total. The van der Waals surface area contributed by atoms with Gasteiger partial charge in [0.25, 0.3) is 5.56 Å². The Hall–Kier alpha value is -2.94. The number of rotatable bonds is 2. The predicted octanol–water partition coefficient (Wildman–Crippen LogP) is 2.96. The summed E-state index contributed by atoms with van der Waals surface area (Å²) in [5, 5.41) is 0.933. The monoisotopic (exact) mass is 390 g/mol. The van der Waals surface area contributed by atoms with Crippen molar-refractivity contribution in [3.8, 4) is 0 Å². The highest BCUT2D eigenvalue weighted by Crippen LogP contribution is 2.28. The fraction of sp³-hybridized carbons (Fsp3) is 0.316. The van der Waals surface area contributed by atoms with Crippen molar-refractivity contribution in [2.75, 3.05) is 6.54 Å². The van der Waals surface area contributed by atoms with E-state index in [2.05, 4.69) is 4.98 Å². The van der Waals surface area contributed by atoms with Gasteiger partial charge in [0, 0.05) is 44.6 Å². The van der Waals surface area contributed by atoms with Crippen LogP contribution in [0.3, 0.4) is 0 Å². The minimum atomic E-state index is -4.68. The third kappa shape index (κ3) is 3.22. The summed E-state index contributed by atoms with van der Waals surface area (Å²) in [4.78, 5) is 31.5. The van der Waals surface area contributed by atoms with Gasteiger partial charge in [-0.15, -0.1) is 0 Å². The number of halogens is 3. The van der Waals surface area contributed by atoms with Gasteiger partial charge in [0.1, 0.15) is 0 Å². The molecule has 2 aromatic heterocycles. The van der Waals surface area contributed by atoms with Crippen LogP contribution in [0.25, 0.3) is 10.9 Å². The van der Waals surface area contributed by atoms with E-state index in [-0.39, 0.29) is 30.1 Å². The standard InChI is InChI=1S/C19H17F3N4O2/c1-11(27)26-9-12(13-4-2-3-5-16(13)26)8-25-7-6-15-14(10-25)17(28)24-18(23-15)19(20,21)22/h2-5,9H,6-8,10H2,1H3,(H,23,24,28). The molecule has 0 bridgehead atoms. The number of carbonyl (C=O) groups is 1. The Balaban J connectivity index is 1.64. The molecular weight excluding hydrogens is 373 g/mol. The Labute approximate surface area is 157 Å². The molecule has 1 aliphatic rings. The van der Waals surface area contributed by atoms with Crippen LogP contribution >= 0.6 is 0 Å². The summed E-state index contributed by atoms with van der Waals surface area (Å²) in [6.07, 6.45) is -2.65. The number of nitrogens with one attached hydrogen (secondary N) is 1. The van der Waals surface area contributed by atoms with E-state index in [0.29, 0.717) is 13.1 Å². The van der Waals surface area contributed by atoms with Gasteiger partial charge in [-0.2, -0.15) is 13.2 Å². The summed E-state index contributed by atoms with van der Waals surface area (Å²) < 4.78 is 40.1. The summed E-state index contributed by atoms with van der Waals surface area (Å²) in [7, 11) is 0. The first-order valence-electron chi connectivity index (χ1n) is 8.75. The van der Waals surface area contributed by atoms with Gasteiger partial charge in [-0.3, -0.25) is 19.1 Å². The van der Waals surface area contributed by atoms with Crippen molar-refractivity contribution < 1.29 is 18.0 Å². The molecule has 146 valence electrons. The number of benzene rings is 1. The number of alkyl halides is 3. The fourth-order valence-electron chi connectivity index (χ4n) is 3.63. The van der Waals surface area contributed by atoms with Crippen molar-refractivity contribution in [1.82, 2.24) is 19.4 Å². The summed E-state index contributed by atoms with van der Waals surface area (Å²) in [6.45, 7) is 2.63. The molecular formula is C19H17F3N4O2. The molecule has 0 atom stereocenters. The molecule has 0 unspecified atom stereocenters. The molecule has 6 nitrogen and oxygen atoms in total. The van der Waals surface area contributed by atoms with E-state index in [1.54, 1.807) is 10.8 Å². The second-order valence-electron chi connectivity index (χ2n) is 6.86. The number of hydrogen-bond acceptors (Lipinski definition) is 4. The van der Waals surface area contributed by atoms with Gasteiger partial charge >= 0.3 is 6.18 Å². The number of aromatic amines is 1. The van der Waals surface area contributed by atoms with E-state index >= 15 is 0 Å². The lowest BCUT2D eigenvalue weighted by atomic mass is 10.1. The molecule has 1 aliphatic heterocycles. The highest BCUT2D eigenvalue weighted by Gasteiger charge is 2.36. The number of hydrogen-bond donors (Lipinski definition) is 1. The Morgan fingerprint density at radius 2 is 2.04 bits per heavy atom. The Kier molecular flexibility index (Phi) is 4.34. The largest absolute Gasteiger partial charge is 0.449 e. The summed E-state index contributed by atoms with van der Waals surface area (Å²) in [5.41, 5.74) is 1.42. The average Bonchev–Trinajstić information content (AvgIpc) is 3.00. The maximum atomic E-state index is 12.8. The van der Waals surface area contributed by atoms with E-state index in [1.165, 1.54) is 6.92 Å². The predicted molar refractivity (Wildman–Crippen MR) is 95.9 cm³/mol. The third-order valence-corrected chi connectivity index (χ3v) is 4.94. The van der Waals surface area contributed by atoms with E-state index in [9.17, 15) is 22.8 Å². The minimum Gasteiger partial charge on any atom is -0.303 e. The van der Waals surface area contributed by atoms with E-state index in [1.807, 2.05) is 34.1 Å². The van der Waals surface area contributed by atoms with Gasteiger partial charge in [0.05, 0.1) is 16.8 Å². The number of carbonyl (C=O) groups excluding carboxylic acids is 1. The van der Waals surface area contributed by atoms with Crippen LogP contribution < -0.4 is 5.56 Å². The quantitative estimate of drug-likeness (QED) is 0.730. The van der Waals surface area contributed by atoms with Crippen molar-refractivity contribution in [2.24, 2.45) is 0 Å². The van der Waals surface area contributed by atoms with E-state index in [0.717, 1.165) is 16.5 Å². The molecule has 0 saturated carbocycles. The zero-order valence-electron chi connectivity index (χ0n) is 15.0. The van der Waals surface area contributed by atoms with Crippen molar-refractivity contribution in [2.45, 2.75) is 32.6 Å². The van der Waals surface area contributed by atoms with Crippen LogP contribution in [-0.2, 0) is 25.7 Å². The molecule has 0 aliphatic carbocycles.